The van der Waals surface area contributed by atoms with E-state index in [1.54, 1.807) is 0 Å². The molecular formula is C31H54F2O7Si3. The molecule has 0 aliphatic carbocycles. The average molecular weight is 661 g/mol. The predicted octanol–water partition coefficient (Wildman–Crippen LogP) is 6.84. The highest BCUT2D eigenvalue weighted by atomic mass is 28.4. The summed E-state index contributed by atoms with van der Waals surface area (Å²) in [6, 6.07) is 3.19. The summed E-state index contributed by atoms with van der Waals surface area (Å²) in [5, 5.41) is 10.6. The number of aliphatic hydroxyl groups is 1. The fraction of sp³-hybridized carbons (Fsp3) is 0.774. The summed E-state index contributed by atoms with van der Waals surface area (Å²) in [5.74, 6) is -2.27. The van der Waals surface area contributed by atoms with Gasteiger partial charge in [0.25, 0.3) is 0 Å². The molecule has 0 aromatic heterocycles. The number of Topliss-reactive ketones (excluding diaryl/α,β-unsaturated/α-hetero) is 1. The van der Waals surface area contributed by atoms with Crippen molar-refractivity contribution in [2.75, 3.05) is 6.61 Å². The van der Waals surface area contributed by atoms with Gasteiger partial charge >= 0.3 is 0 Å². The minimum Gasteiger partial charge on any atom is -0.415 e. The molecule has 1 unspecified atom stereocenters. The van der Waals surface area contributed by atoms with E-state index in [2.05, 4.69) is 72.8 Å². The third-order valence-corrected chi connectivity index (χ3v) is 10.8. The van der Waals surface area contributed by atoms with E-state index in [-0.39, 0.29) is 72.6 Å². The summed E-state index contributed by atoms with van der Waals surface area (Å²) in [6.45, 7) is 24.0. The minimum atomic E-state index is -2.08. The second kappa shape index (κ2) is 14.3. The van der Waals surface area contributed by atoms with Crippen molar-refractivity contribution >= 4 is 30.7 Å². The summed E-state index contributed by atoms with van der Waals surface area (Å²) in [4.78, 5) is 13.2. The number of aliphatic hydroxyl groups excluding tert-OH is 1. The Hall–Kier alpha value is -0.839. The number of rotatable bonds is 15. The molecule has 2 saturated heterocycles. The molecule has 9 atom stereocenters. The van der Waals surface area contributed by atoms with Crippen LogP contribution in [-0.2, 0) is 27.5 Å². The lowest BCUT2D eigenvalue weighted by molar-refractivity contribution is -0.159. The Kier molecular flexibility index (Phi) is 12.2. The maximum absolute atomic E-state index is 13.7. The van der Waals surface area contributed by atoms with Crippen molar-refractivity contribution in [3.63, 3.8) is 0 Å². The zero-order valence-electron chi connectivity index (χ0n) is 27.9. The van der Waals surface area contributed by atoms with Crippen LogP contribution in [0.25, 0.3) is 0 Å². The monoisotopic (exact) mass is 660 g/mol. The van der Waals surface area contributed by atoms with E-state index in [0.29, 0.717) is 13.0 Å². The first-order chi connectivity index (χ1) is 19.6. The van der Waals surface area contributed by atoms with Crippen molar-refractivity contribution in [3.8, 4) is 0 Å². The van der Waals surface area contributed by atoms with Crippen molar-refractivity contribution in [2.24, 2.45) is 11.8 Å². The highest BCUT2D eigenvalue weighted by Crippen LogP contribution is 2.41. The second-order valence-electron chi connectivity index (χ2n) is 15.3. The van der Waals surface area contributed by atoms with Gasteiger partial charge in [-0.15, -0.1) is 0 Å². The zero-order valence-corrected chi connectivity index (χ0v) is 30.9. The first kappa shape index (κ1) is 36.6. The SMILES string of the molecule is C[C@@H]([C@@H]1O[C@H]1C[C@@H]1OC[C@H](CC(=O)CC(O)c2ccc(F)c(F)c2)[C@@H](O[Si](C)(C)C)[C@@H]1O[Si](C)(C)C)[C@H](C)O[Si](C)(C)C. The zero-order chi connectivity index (χ0) is 32.5. The van der Waals surface area contributed by atoms with Gasteiger partial charge in [0.05, 0.1) is 43.2 Å². The fourth-order valence-corrected chi connectivity index (χ4v) is 9.39. The van der Waals surface area contributed by atoms with Gasteiger partial charge in [-0.3, -0.25) is 4.79 Å². The van der Waals surface area contributed by atoms with Crippen LogP contribution in [0, 0.1) is 23.5 Å². The van der Waals surface area contributed by atoms with Gasteiger partial charge in [-0.1, -0.05) is 13.0 Å². The average Bonchev–Trinajstić information content (AvgIpc) is 3.60. The maximum Gasteiger partial charge on any atom is 0.184 e. The number of hydrogen-bond donors (Lipinski definition) is 1. The molecule has 0 bridgehead atoms. The lowest BCUT2D eigenvalue weighted by Gasteiger charge is -2.47. The number of ketones is 1. The molecule has 2 heterocycles. The Balaban J connectivity index is 1.74. The second-order valence-corrected chi connectivity index (χ2v) is 28.7. The van der Waals surface area contributed by atoms with Gasteiger partial charge in [0.15, 0.2) is 36.6 Å². The number of benzene rings is 1. The first-order valence-corrected chi connectivity index (χ1v) is 25.8. The maximum atomic E-state index is 13.7. The Morgan fingerprint density at radius 3 is 2.09 bits per heavy atom. The fourth-order valence-electron chi connectivity index (χ4n) is 5.82. The molecule has 1 aromatic rings. The van der Waals surface area contributed by atoms with Gasteiger partial charge in [-0.05, 0) is 83.5 Å². The number of halogens is 2. The van der Waals surface area contributed by atoms with E-state index in [0.717, 1.165) is 12.1 Å². The molecule has 2 aliphatic rings. The molecule has 1 aromatic carbocycles. The van der Waals surface area contributed by atoms with Gasteiger partial charge in [-0.2, -0.15) is 0 Å². The number of carbonyl (C=O) groups is 1. The Bertz CT molecular complexity index is 1090. The molecule has 12 heteroatoms. The summed E-state index contributed by atoms with van der Waals surface area (Å²) >= 11 is 0. The molecule has 3 rings (SSSR count). The molecular weight excluding hydrogens is 607 g/mol. The lowest BCUT2D eigenvalue weighted by Crippen LogP contribution is -2.58. The lowest BCUT2D eigenvalue weighted by atomic mass is 9.85. The summed E-state index contributed by atoms with van der Waals surface area (Å²) in [6.07, 6.45) is -1.38. The largest absolute Gasteiger partial charge is 0.415 e. The van der Waals surface area contributed by atoms with Crippen molar-refractivity contribution < 1.29 is 41.4 Å². The molecule has 0 spiro atoms. The van der Waals surface area contributed by atoms with Crippen LogP contribution in [0.15, 0.2) is 18.2 Å². The summed E-state index contributed by atoms with van der Waals surface area (Å²) in [5.41, 5.74) is 0.167. The number of carbonyl (C=O) groups excluding carboxylic acids is 1. The minimum absolute atomic E-state index is 0.0392. The van der Waals surface area contributed by atoms with E-state index in [9.17, 15) is 18.7 Å². The number of hydrogen-bond acceptors (Lipinski definition) is 7. The van der Waals surface area contributed by atoms with E-state index in [4.69, 9.17) is 22.8 Å². The van der Waals surface area contributed by atoms with Gasteiger partial charge in [-0.25, -0.2) is 8.78 Å². The standard InChI is InChI=1S/C31H54F2O7Si3/c1-19(20(2)38-41(3,4)5)29-28(37-29)17-27-31(40-43(9,10)11)30(39-42(6,7)8)22(18-36-27)14-23(34)16-26(35)21-12-13-24(32)25(33)15-21/h12-13,15,19-20,22,26-31,35H,14,16-18H2,1-11H3/t19-,20+,22+,26?,27+,28+,29+,30-,31-/m1/s1. The van der Waals surface area contributed by atoms with Gasteiger partial charge in [0, 0.05) is 37.2 Å². The van der Waals surface area contributed by atoms with Crippen LogP contribution in [0.4, 0.5) is 8.78 Å². The number of ether oxygens (including phenoxy) is 2. The highest BCUT2D eigenvalue weighted by molar-refractivity contribution is 6.70. The quantitative estimate of drug-likeness (QED) is 0.163. The molecule has 43 heavy (non-hydrogen) atoms. The Morgan fingerprint density at radius 2 is 1.53 bits per heavy atom. The topological polar surface area (TPSA) is 86.8 Å². The van der Waals surface area contributed by atoms with E-state index in [1.807, 2.05) is 0 Å². The normalized spacial score (nSPS) is 28.8. The molecule has 1 N–H and O–H groups in total. The van der Waals surface area contributed by atoms with Crippen molar-refractivity contribution in [2.45, 2.75) is 135 Å². The summed E-state index contributed by atoms with van der Waals surface area (Å²) in [7, 11) is -5.81. The van der Waals surface area contributed by atoms with Crippen LogP contribution in [0.5, 0.6) is 0 Å². The summed E-state index contributed by atoms with van der Waals surface area (Å²) < 4.78 is 59.6. The molecule has 0 radical (unpaired) electrons. The smallest absolute Gasteiger partial charge is 0.184 e. The first-order valence-electron chi connectivity index (χ1n) is 15.6. The van der Waals surface area contributed by atoms with Crippen LogP contribution < -0.4 is 0 Å². The van der Waals surface area contributed by atoms with Crippen LogP contribution in [0.1, 0.15) is 44.8 Å². The predicted molar refractivity (Wildman–Crippen MR) is 172 cm³/mol. The third-order valence-electron chi connectivity index (χ3n) is 7.78. The van der Waals surface area contributed by atoms with E-state index in [1.165, 1.54) is 6.07 Å². The molecule has 2 aliphatic heterocycles. The van der Waals surface area contributed by atoms with Crippen LogP contribution in [-0.4, -0.2) is 79.1 Å². The van der Waals surface area contributed by atoms with Crippen molar-refractivity contribution in [1.82, 2.24) is 0 Å². The molecule has 0 saturated carbocycles. The van der Waals surface area contributed by atoms with Gasteiger partial charge < -0.3 is 27.9 Å². The van der Waals surface area contributed by atoms with Crippen LogP contribution >= 0.6 is 0 Å². The highest BCUT2D eigenvalue weighted by Gasteiger charge is 2.52. The van der Waals surface area contributed by atoms with Crippen LogP contribution in [0.2, 0.25) is 58.9 Å². The van der Waals surface area contributed by atoms with Crippen molar-refractivity contribution in [3.05, 3.63) is 35.4 Å². The Labute approximate surface area is 260 Å². The molecule has 7 nitrogen and oxygen atoms in total. The molecule has 246 valence electrons. The Morgan fingerprint density at radius 1 is 0.930 bits per heavy atom. The van der Waals surface area contributed by atoms with Crippen LogP contribution in [0.3, 0.4) is 0 Å². The van der Waals surface area contributed by atoms with E-state index < -0.39 is 42.7 Å². The third kappa shape index (κ3) is 11.5. The van der Waals surface area contributed by atoms with Gasteiger partial charge in [0.1, 0.15) is 5.78 Å². The molecule has 0 amide bonds. The molecule has 2 fully saturated rings. The number of epoxide rings is 1. The van der Waals surface area contributed by atoms with Gasteiger partial charge in [0.2, 0.25) is 0 Å². The van der Waals surface area contributed by atoms with E-state index >= 15 is 0 Å². The van der Waals surface area contributed by atoms with Crippen molar-refractivity contribution in [1.29, 1.82) is 0 Å².